The van der Waals surface area contributed by atoms with Gasteiger partial charge in [-0.2, -0.15) is 0 Å². The summed E-state index contributed by atoms with van der Waals surface area (Å²) in [4.78, 5) is 14.7. The number of piperidine rings is 1. The van der Waals surface area contributed by atoms with Crippen LogP contribution in [0.1, 0.15) is 60.3 Å². The lowest BCUT2D eigenvalue weighted by atomic mass is 9.97. The summed E-state index contributed by atoms with van der Waals surface area (Å²) in [7, 11) is 0. The third-order valence-corrected chi connectivity index (χ3v) is 3.66. The summed E-state index contributed by atoms with van der Waals surface area (Å²) in [5.41, 5.74) is -0.128. The minimum Gasteiger partial charge on any atom is -0.350 e. The second-order valence-corrected chi connectivity index (χ2v) is 6.76. The molecule has 2 atom stereocenters. The summed E-state index contributed by atoms with van der Waals surface area (Å²) in [6, 6.07) is 0.0898. The van der Waals surface area contributed by atoms with E-state index in [1.54, 1.807) is 0 Å². The van der Waals surface area contributed by atoms with Crippen molar-refractivity contribution in [1.29, 1.82) is 0 Å². The number of nitrogens with zero attached hydrogens (tertiary/aromatic N) is 1. The molecule has 1 N–H and O–H groups in total. The molecule has 1 aliphatic heterocycles. The van der Waals surface area contributed by atoms with Crippen molar-refractivity contribution in [3.05, 3.63) is 0 Å². The zero-order valence-corrected chi connectivity index (χ0v) is 12.8. The number of amides is 1. The van der Waals surface area contributed by atoms with E-state index in [1.165, 1.54) is 19.3 Å². The van der Waals surface area contributed by atoms with Crippen LogP contribution < -0.4 is 5.32 Å². The molecule has 1 heterocycles. The standard InChI is InChI=1S/C15H30N2O/c1-6-12(2)11-17-10-8-7-9-13(17)14(18)16-15(3,4)5/h12-13H,6-11H2,1-5H3,(H,16,18)/t12-,13+/m0/s1. The van der Waals surface area contributed by atoms with E-state index in [4.69, 9.17) is 0 Å². The Labute approximate surface area is 112 Å². The lowest BCUT2D eigenvalue weighted by Gasteiger charge is -2.37. The van der Waals surface area contributed by atoms with Crippen LogP contribution in [0.3, 0.4) is 0 Å². The molecule has 0 aromatic heterocycles. The maximum absolute atomic E-state index is 12.3. The molecule has 1 fully saturated rings. The highest BCUT2D eigenvalue weighted by atomic mass is 16.2. The van der Waals surface area contributed by atoms with Crippen LogP contribution in [0.15, 0.2) is 0 Å². The molecular formula is C15H30N2O. The molecule has 3 heteroatoms. The highest BCUT2D eigenvalue weighted by Crippen LogP contribution is 2.20. The molecule has 0 bridgehead atoms. The van der Waals surface area contributed by atoms with E-state index < -0.39 is 0 Å². The number of hydrogen-bond acceptors (Lipinski definition) is 2. The molecule has 0 unspecified atom stereocenters. The maximum Gasteiger partial charge on any atom is 0.237 e. The second-order valence-electron chi connectivity index (χ2n) is 6.76. The van der Waals surface area contributed by atoms with Gasteiger partial charge in [-0.1, -0.05) is 26.7 Å². The highest BCUT2D eigenvalue weighted by molar-refractivity contribution is 5.82. The number of likely N-dealkylation sites (tertiary alicyclic amines) is 1. The molecule has 0 aromatic rings. The molecular weight excluding hydrogens is 224 g/mol. The van der Waals surface area contributed by atoms with Gasteiger partial charge in [0, 0.05) is 12.1 Å². The van der Waals surface area contributed by atoms with E-state index in [2.05, 4.69) is 24.1 Å². The smallest absolute Gasteiger partial charge is 0.237 e. The van der Waals surface area contributed by atoms with E-state index in [0.29, 0.717) is 5.92 Å². The molecule has 0 spiro atoms. The fraction of sp³-hybridized carbons (Fsp3) is 0.933. The van der Waals surface area contributed by atoms with Crippen LogP contribution in [0.25, 0.3) is 0 Å². The average Bonchev–Trinajstić information content (AvgIpc) is 2.27. The number of rotatable bonds is 4. The molecule has 106 valence electrons. The molecule has 0 radical (unpaired) electrons. The molecule has 1 aliphatic rings. The van der Waals surface area contributed by atoms with Crippen LogP contribution in [0.5, 0.6) is 0 Å². The van der Waals surface area contributed by atoms with Gasteiger partial charge in [0.05, 0.1) is 6.04 Å². The third kappa shape index (κ3) is 4.97. The number of carbonyl (C=O) groups is 1. The number of nitrogens with one attached hydrogen (secondary N) is 1. The Morgan fingerprint density at radius 3 is 2.61 bits per heavy atom. The quantitative estimate of drug-likeness (QED) is 0.836. The van der Waals surface area contributed by atoms with Gasteiger partial charge in [0.15, 0.2) is 0 Å². The minimum absolute atomic E-state index is 0.0898. The first-order chi connectivity index (χ1) is 8.33. The predicted molar refractivity (Wildman–Crippen MR) is 76.6 cm³/mol. The van der Waals surface area contributed by atoms with Gasteiger partial charge in [0.2, 0.25) is 5.91 Å². The zero-order chi connectivity index (χ0) is 13.8. The predicted octanol–water partition coefficient (Wildman–Crippen LogP) is 2.80. The summed E-state index contributed by atoms with van der Waals surface area (Å²) >= 11 is 0. The Bertz CT molecular complexity index is 270. The van der Waals surface area contributed by atoms with Gasteiger partial charge >= 0.3 is 0 Å². The maximum atomic E-state index is 12.3. The second kappa shape index (κ2) is 6.55. The van der Waals surface area contributed by atoms with Gasteiger partial charge in [-0.15, -0.1) is 0 Å². The lowest BCUT2D eigenvalue weighted by Crippen LogP contribution is -2.54. The van der Waals surface area contributed by atoms with Gasteiger partial charge in [0.1, 0.15) is 0 Å². The van der Waals surface area contributed by atoms with Crippen LogP contribution >= 0.6 is 0 Å². The third-order valence-electron chi connectivity index (χ3n) is 3.66. The van der Waals surface area contributed by atoms with Crippen molar-refractivity contribution in [2.24, 2.45) is 5.92 Å². The van der Waals surface area contributed by atoms with E-state index in [9.17, 15) is 4.79 Å². The molecule has 3 nitrogen and oxygen atoms in total. The van der Waals surface area contributed by atoms with E-state index in [0.717, 1.165) is 19.5 Å². The van der Waals surface area contributed by atoms with E-state index >= 15 is 0 Å². The summed E-state index contributed by atoms with van der Waals surface area (Å²) in [6.07, 6.45) is 4.61. The summed E-state index contributed by atoms with van der Waals surface area (Å²) in [5, 5.41) is 3.13. The van der Waals surface area contributed by atoms with Crippen LogP contribution in [-0.4, -0.2) is 35.5 Å². The van der Waals surface area contributed by atoms with Crippen molar-refractivity contribution in [1.82, 2.24) is 10.2 Å². The Hall–Kier alpha value is -0.570. The summed E-state index contributed by atoms with van der Waals surface area (Å²) in [5.74, 6) is 0.888. The molecule has 18 heavy (non-hydrogen) atoms. The Morgan fingerprint density at radius 2 is 2.06 bits per heavy atom. The normalized spacial score (nSPS) is 23.7. The van der Waals surface area contributed by atoms with E-state index in [-0.39, 0.29) is 17.5 Å². The largest absolute Gasteiger partial charge is 0.350 e. The topological polar surface area (TPSA) is 32.3 Å². The fourth-order valence-electron chi connectivity index (χ4n) is 2.49. The van der Waals surface area contributed by atoms with Gasteiger partial charge in [-0.25, -0.2) is 0 Å². The minimum atomic E-state index is -0.128. The monoisotopic (exact) mass is 254 g/mol. The molecule has 0 aromatic carbocycles. The molecule has 1 amide bonds. The Morgan fingerprint density at radius 1 is 1.39 bits per heavy atom. The molecule has 1 saturated heterocycles. The summed E-state index contributed by atoms with van der Waals surface area (Å²) < 4.78 is 0. The van der Waals surface area contributed by atoms with Crippen molar-refractivity contribution >= 4 is 5.91 Å². The van der Waals surface area contributed by atoms with Gasteiger partial charge in [0.25, 0.3) is 0 Å². The van der Waals surface area contributed by atoms with Crippen molar-refractivity contribution < 1.29 is 4.79 Å². The van der Waals surface area contributed by atoms with Crippen LogP contribution in [-0.2, 0) is 4.79 Å². The average molecular weight is 254 g/mol. The SMILES string of the molecule is CC[C@H](C)CN1CCCC[C@@H]1C(=O)NC(C)(C)C. The molecule has 0 saturated carbocycles. The first-order valence-corrected chi connectivity index (χ1v) is 7.39. The first kappa shape index (κ1) is 15.5. The lowest BCUT2D eigenvalue weighted by molar-refractivity contribution is -0.129. The first-order valence-electron chi connectivity index (χ1n) is 7.39. The van der Waals surface area contributed by atoms with Crippen molar-refractivity contribution in [2.45, 2.75) is 71.9 Å². The highest BCUT2D eigenvalue weighted by Gasteiger charge is 2.30. The van der Waals surface area contributed by atoms with Crippen molar-refractivity contribution in [3.63, 3.8) is 0 Å². The number of hydrogen-bond donors (Lipinski definition) is 1. The van der Waals surface area contributed by atoms with Crippen LogP contribution in [0, 0.1) is 5.92 Å². The van der Waals surface area contributed by atoms with Crippen LogP contribution in [0.4, 0.5) is 0 Å². The zero-order valence-electron chi connectivity index (χ0n) is 12.8. The Balaban J connectivity index is 2.61. The number of carbonyl (C=O) groups excluding carboxylic acids is 1. The summed E-state index contributed by atoms with van der Waals surface area (Å²) in [6.45, 7) is 12.8. The van der Waals surface area contributed by atoms with Crippen LogP contribution in [0.2, 0.25) is 0 Å². The van der Waals surface area contributed by atoms with Crippen molar-refractivity contribution in [2.75, 3.05) is 13.1 Å². The Kier molecular flexibility index (Phi) is 5.64. The fourth-order valence-corrected chi connectivity index (χ4v) is 2.49. The molecule has 1 rings (SSSR count). The van der Waals surface area contributed by atoms with E-state index in [1.807, 2.05) is 20.8 Å². The van der Waals surface area contributed by atoms with Gasteiger partial charge in [-0.05, 0) is 46.1 Å². The molecule has 0 aliphatic carbocycles. The van der Waals surface area contributed by atoms with Crippen molar-refractivity contribution in [3.8, 4) is 0 Å². The van der Waals surface area contributed by atoms with Gasteiger partial charge < -0.3 is 5.32 Å². The van der Waals surface area contributed by atoms with Gasteiger partial charge in [-0.3, -0.25) is 9.69 Å².